The fourth-order valence-corrected chi connectivity index (χ4v) is 4.08. The van der Waals surface area contributed by atoms with Crippen molar-refractivity contribution in [3.63, 3.8) is 0 Å². The summed E-state index contributed by atoms with van der Waals surface area (Å²) < 4.78 is 5.83. The lowest BCUT2D eigenvalue weighted by molar-refractivity contribution is 0.480. The third kappa shape index (κ3) is 4.88. The summed E-state index contributed by atoms with van der Waals surface area (Å²) in [7, 11) is 0. The minimum absolute atomic E-state index is 0.518. The topological polar surface area (TPSA) is 59.9 Å². The van der Waals surface area contributed by atoms with Crippen LogP contribution in [0.25, 0.3) is 5.57 Å². The molecule has 0 unspecified atom stereocenters. The van der Waals surface area contributed by atoms with Crippen molar-refractivity contribution in [1.29, 1.82) is 0 Å². The van der Waals surface area contributed by atoms with Gasteiger partial charge in [-0.15, -0.1) is 0 Å². The molecule has 2 heterocycles. The van der Waals surface area contributed by atoms with E-state index < -0.39 is 0 Å². The predicted molar refractivity (Wildman–Crippen MR) is 126 cm³/mol. The van der Waals surface area contributed by atoms with Crippen molar-refractivity contribution >= 4 is 28.7 Å². The van der Waals surface area contributed by atoms with E-state index in [2.05, 4.69) is 41.0 Å². The van der Waals surface area contributed by atoms with E-state index in [0.29, 0.717) is 22.4 Å². The lowest BCUT2D eigenvalue weighted by atomic mass is 9.96. The number of nitrogens with one attached hydrogen (secondary N) is 1. The number of aromatic nitrogens is 3. The molecule has 0 saturated heterocycles. The van der Waals surface area contributed by atoms with E-state index in [1.54, 1.807) is 18.7 Å². The van der Waals surface area contributed by atoms with Gasteiger partial charge in [0.25, 0.3) is 0 Å². The van der Waals surface area contributed by atoms with Crippen molar-refractivity contribution in [2.24, 2.45) is 5.92 Å². The van der Waals surface area contributed by atoms with Crippen LogP contribution in [0.1, 0.15) is 51.3 Å². The molecule has 0 saturated carbocycles. The average Bonchev–Trinajstić information content (AvgIpc) is 3.13. The zero-order valence-electron chi connectivity index (χ0n) is 18.2. The van der Waals surface area contributed by atoms with E-state index in [4.69, 9.17) is 16.3 Å². The highest BCUT2D eigenvalue weighted by molar-refractivity contribution is 6.32. The molecule has 3 aromatic rings. The number of hydrogen-bond acceptors (Lipinski definition) is 5. The Balaban J connectivity index is 1.59. The molecule has 0 fully saturated rings. The van der Waals surface area contributed by atoms with E-state index in [1.807, 2.05) is 30.3 Å². The molecule has 0 amide bonds. The second-order valence-electron chi connectivity index (χ2n) is 8.15. The Labute approximate surface area is 188 Å². The van der Waals surface area contributed by atoms with E-state index in [0.717, 1.165) is 48.4 Å². The third-order valence-corrected chi connectivity index (χ3v) is 5.79. The van der Waals surface area contributed by atoms with Gasteiger partial charge in [0.05, 0.1) is 16.9 Å². The van der Waals surface area contributed by atoms with Gasteiger partial charge in [0.15, 0.2) is 0 Å². The molecule has 0 atom stereocenters. The van der Waals surface area contributed by atoms with E-state index >= 15 is 0 Å². The van der Waals surface area contributed by atoms with Gasteiger partial charge in [-0.25, -0.2) is 9.97 Å². The number of benzene rings is 1. The summed E-state index contributed by atoms with van der Waals surface area (Å²) in [5, 5.41) is 3.98. The summed E-state index contributed by atoms with van der Waals surface area (Å²) in [6, 6.07) is 9.32. The maximum Gasteiger partial charge on any atom is 0.146 e. The molecule has 1 aromatic carbocycles. The molecule has 1 aliphatic carbocycles. The summed E-state index contributed by atoms with van der Waals surface area (Å²) in [5.74, 6) is 2.72. The van der Waals surface area contributed by atoms with Gasteiger partial charge in [0.1, 0.15) is 23.6 Å². The zero-order valence-corrected chi connectivity index (χ0v) is 18.9. The summed E-state index contributed by atoms with van der Waals surface area (Å²) in [5.41, 5.74) is 5.99. The first-order chi connectivity index (χ1) is 15.0. The van der Waals surface area contributed by atoms with Crippen molar-refractivity contribution < 1.29 is 4.74 Å². The van der Waals surface area contributed by atoms with Crippen LogP contribution >= 0.6 is 11.6 Å². The number of anilines is 2. The Morgan fingerprint density at radius 3 is 2.77 bits per heavy atom. The molecule has 0 bridgehead atoms. The van der Waals surface area contributed by atoms with Crippen LogP contribution < -0.4 is 10.1 Å². The van der Waals surface area contributed by atoms with Gasteiger partial charge in [-0.1, -0.05) is 37.9 Å². The Hall–Kier alpha value is -2.92. The van der Waals surface area contributed by atoms with Crippen LogP contribution in [0.5, 0.6) is 11.5 Å². The molecule has 31 heavy (non-hydrogen) atoms. The minimum atomic E-state index is 0.518. The van der Waals surface area contributed by atoms with Crippen LogP contribution in [0.3, 0.4) is 0 Å². The second kappa shape index (κ2) is 9.48. The summed E-state index contributed by atoms with van der Waals surface area (Å²) in [6.07, 6.45) is 9.15. The fourth-order valence-electron chi connectivity index (χ4n) is 3.86. The van der Waals surface area contributed by atoms with Crippen LogP contribution in [0.2, 0.25) is 5.02 Å². The quantitative estimate of drug-likeness (QED) is 0.405. The maximum atomic E-state index is 6.49. The van der Waals surface area contributed by atoms with E-state index in [-0.39, 0.29) is 0 Å². The highest BCUT2D eigenvalue weighted by Gasteiger charge is 2.25. The molecule has 4 rings (SSSR count). The summed E-state index contributed by atoms with van der Waals surface area (Å²) in [4.78, 5) is 13.2. The number of nitrogens with zero attached hydrogens (tertiary/aromatic N) is 3. The van der Waals surface area contributed by atoms with Crippen LogP contribution in [-0.2, 0) is 6.42 Å². The Morgan fingerprint density at radius 1 is 1.19 bits per heavy atom. The molecule has 160 valence electrons. The smallest absolute Gasteiger partial charge is 0.146 e. The first-order valence-electron chi connectivity index (χ1n) is 10.7. The summed E-state index contributed by atoms with van der Waals surface area (Å²) >= 11 is 6.49. The Kier molecular flexibility index (Phi) is 6.52. The number of hydrogen-bond donors (Lipinski definition) is 1. The maximum absolute atomic E-state index is 6.49. The van der Waals surface area contributed by atoms with Crippen molar-refractivity contribution in [1.82, 2.24) is 15.0 Å². The highest BCUT2D eigenvalue weighted by atomic mass is 35.5. The molecule has 0 aliphatic heterocycles. The molecular formula is C25H27ClN4O. The van der Waals surface area contributed by atoms with E-state index in [9.17, 15) is 0 Å². The zero-order chi connectivity index (χ0) is 21.8. The first-order valence-corrected chi connectivity index (χ1v) is 11.1. The highest BCUT2D eigenvalue weighted by Crippen LogP contribution is 2.41. The van der Waals surface area contributed by atoms with Gasteiger partial charge < -0.3 is 10.1 Å². The largest absolute Gasteiger partial charge is 0.454 e. The van der Waals surface area contributed by atoms with Crippen LogP contribution in [0, 0.1) is 5.92 Å². The normalized spacial score (nSPS) is 12.9. The standard InChI is InChI=1S/C25H27ClN4O/c1-4-17-12-22-24(20(17)9-7-16(2)3)25(29-15-28-22)30-18-8-10-23(21(26)13-18)31-19-6-5-11-27-14-19/h5-6,8,10-11,13-16H,4,7,9,12H2,1-3H3,(H,28,29,30). The number of allylic oxidation sites excluding steroid dienone is 2. The van der Waals surface area contributed by atoms with Crippen molar-refractivity contribution in [2.75, 3.05) is 5.32 Å². The average molecular weight is 435 g/mol. The fraction of sp³-hybridized carbons (Fsp3) is 0.320. The second-order valence-corrected chi connectivity index (χ2v) is 8.56. The SMILES string of the molecule is CCC1=C(CCC(C)C)c2c(ncnc2Nc2ccc(Oc3cccnc3)c(Cl)c2)C1. The first kappa shape index (κ1) is 21.3. The molecule has 0 spiro atoms. The molecule has 5 nitrogen and oxygen atoms in total. The van der Waals surface area contributed by atoms with E-state index in [1.165, 1.54) is 11.1 Å². The molecule has 0 radical (unpaired) electrons. The predicted octanol–water partition coefficient (Wildman–Crippen LogP) is 7.22. The van der Waals surface area contributed by atoms with Crippen molar-refractivity contribution in [2.45, 2.75) is 46.5 Å². The Bertz CT molecular complexity index is 1100. The minimum Gasteiger partial charge on any atom is -0.454 e. The van der Waals surface area contributed by atoms with Gasteiger partial charge in [-0.05, 0) is 61.1 Å². The van der Waals surface area contributed by atoms with Crippen molar-refractivity contribution in [3.8, 4) is 11.5 Å². The monoisotopic (exact) mass is 434 g/mol. The van der Waals surface area contributed by atoms with Gasteiger partial charge in [0, 0.05) is 23.9 Å². The number of pyridine rings is 1. The van der Waals surface area contributed by atoms with Gasteiger partial charge in [-0.2, -0.15) is 0 Å². The molecule has 1 N–H and O–H groups in total. The van der Waals surface area contributed by atoms with Crippen LogP contribution in [-0.4, -0.2) is 15.0 Å². The molecular weight excluding hydrogens is 408 g/mol. The number of rotatable bonds is 8. The Morgan fingerprint density at radius 2 is 2.06 bits per heavy atom. The molecule has 2 aromatic heterocycles. The molecule has 1 aliphatic rings. The summed E-state index contributed by atoms with van der Waals surface area (Å²) in [6.45, 7) is 6.75. The van der Waals surface area contributed by atoms with Crippen LogP contribution in [0.15, 0.2) is 54.6 Å². The van der Waals surface area contributed by atoms with Crippen molar-refractivity contribution in [3.05, 3.63) is 70.9 Å². The number of halogens is 1. The lowest BCUT2D eigenvalue weighted by Gasteiger charge is -2.15. The lowest BCUT2D eigenvalue weighted by Crippen LogP contribution is -2.02. The van der Waals surface area contributed by atoms with Gasteiger partial charge in [0.2, 0.25) is 0 Å². The molecule has 6 heteroatoms. The third-order valence-electron chi connectivity index (χ3n) is 5.49. The number of ether oxygens (including phenoxy) is 1. The van der Waals surface area contributed by atoms with Gasteiger partial charge >= 0.3 is 0 Å². The number of fused-ring (bicyclic) bond motifs is 1. The van der Waals surface area contributed by atoms with Crippen LogP contribution in [0.4, 0.5) is 11.5 Å². The van der Waals surface area contributed by atoms with Gasteiger partial charge in [-0.3, -0.25) is 4.98 Å².